The second-order valence-corrected chi connectivity index (χ2v) is 10.7. The van der Waals surface area contributed by atoms with E-state index in [0.717, 1.165) is 54.5 Å². The fourth-order valence-corrected chi connectivity index (χ4v) is 3.97. The maximum absolute atomic E-state index is 10.2. The van der Waals surface area contributed by atoms with Crippen LogP contribution in [0.25, 0.3) is 0 Å². The third-order valence-corrected chi connectivity index (χ3v) is 6.75. The first-order chi connectivity index (χ1) is 15.6. The summed E-state index contributed by atoms with van der Waals surface area (Å²) in [7, 11) is 0. The molecule has 0 heterocycles. The Labute approximate surface area is 219 Å². The van der Waals surface area contributed by atoms with Crippen LogP contribution in [-0.4, -0.2) is 104 Å². The molecule has 0 radical (unpaired) electrons. The van der Waals surface area contributed by atoms with Crippen LogP contribution in [0, 0.1) is 10.8 Å². The number of hydrogen-bond acceptors (Lipinski definition) is 7. The third kappa shape index (κ3) is 15.9. The zero-order valence-electron chi connectivity index (χ0n) is 19.3. The second-order valence-electron chi connectivity index (χ2n) is 8.31. The summed E-state index contributed by atoms with van der Waals surface area (Å²) in [4.78, 5) is 0. The molecular formula is C22H43Br3O7. The van der Waals surface area contributed by atoms with E-state index in [-0.39, 0.29) is 39.6 Å². The van der Waals surface area contributed by atoms with Gasteiger partial charge in [0.1, 0.15) is 0 Å². The van der Waals surface area contributed by atoms with Gasteiger partial charge in [-0.15, -0.1) is 0 Å². The summed E-state index contributed by atoms with van der Waals surface area (Å²) in [5, 5.41) is 32.7. The Bertz CT molecular complexity index is 388. The molecule has 0 aliphatic rings. The van der Waals surface area contributed by atoms with E-state index in [1.54, 1.807) is 0 Å². The summed E-state index contributed by atoms with van der Waals surface area (Å²) in [5.41, 5.74) is -1.58. The van der Waals surface area contributed by atoms with E-state index in [4.69, 9.17) is 18.9 Å². The second kappa shape index (κ2) is 22.6. The zero-order chi connectivity index (χ0) is 24.0. The van der Waals surface area contributed by atoms with Gasteiger partial charge in [-0.3, -0.25) is 0 Å². The number of rotatable bonds is 25. The Morgan fingerprint density at radius 2 is 0.750 bits per heavy atom. The van der Waals surface area contributed by atoms with Crippen molar-refractivity contribution in [2.45, 2.75) is 38.5 Å². The van der Waals surface area contributed by atoms with Crippen molar-refractivity contribution in [1.29, 1.82) is 0 Å². The standard InChI is InChI=1S/C22H43Br3O7/c23-7-1-4-10-29-16-21(13-26,14-27)17-32-20-22(15-28,18-30-11-5-2-8-24)19-31-12-6-3-9-25/h26-28H,1-20H2. The van der Waals surface area contributed by atoms with Gasteiger partial charge in [-0.2, -0.15) is 0 Å². The topological polar surface area (TPSA) is 97.6 Å². The summed E-state index contributed by atoms with van der Waals surface area (Å²) in [6.07, 6.45) is 5.83. The van der Waals surface area contributed by atoms with Gasteiger partial charge in [-0.05, 0) is 38.5 Å². The largest absolute Gasteiger partial charge is 0.396 e. The highest BCUT2D eigenvalue weighted by Gasteiger charge is 2.35. The first-order valence-electron chi connectivity index (χ1n) is 11.4. The van der Waals surface area contributed by atoms with Crippen molar-refractivity contribution in [2.75, 3.05) is 88.7 Å². The molecule has 194 valence electrons. The van der Waals surface area contributed by atoms with E-state index < -0.39 is 10.8 Å². The van der Waals surface area contributed by atoms with Crippen molar-refractivity contribution >= 4 is 47.8 Å². The van der Waals surface area contributed by atoms with Crippen LogP contribution in [0.15, 0.2) is 0 Å². The molecule has 0 aliphatic heterocycles. The lowest BCUT2D eigenvalue weighted by atomic mass is 9.90. The molecule has 0 aliphatic carbocycles. The predicted molar refractivity (Wildman–Crippen MR) is 138 cm³/mol. The van der Waals surface area contributed by atoms with E-state index >= 15 is 0 Å². The molecule has 0 aromatic rings. The van der Waals surface area contributed by atoms with Crippen molar-refractivity contribution in [3.8, 4) is 0 Å². The highest BCUT2D eigenvalue weighted by Crippen LogP contribution is 2.23. The quantitative estimate of drug-likeness (QED) is 0.102. The number of ether oxygens (including phenoxy) is 4. The van der Waals surface area contributed by atoms with Gasteiger partial charge >= 0.3 is 0 Å². The summed E-state index contributed by atoms with van der Waals surface area (Å²) in [6, 6.07) is 0. The van der Waals surface area contributed by atoms with E-state index in [0.29, 0.717) is 33.0 Å². The lowest BCUT2D eigenvalue weighted by Crippen LogP contribution is -2.44. The first-order valence-corrected chi connectivity index (χ1v) is 14.8. The summed E-state index contributed by atoms with van der Waals surface area (Å²) in [6.45, 7) is 2.31. The molecule has 0 rings (SSSR count). The van der Waals surface area contributed by atoms with Crippen LogP contribution in [0.4, 0.5) is 0 Å². The minimum absolute atomic E-state index is 0.118. The lowest BCUT2D eigenvalue weighted by molar-refractivity contribution is -0.125. The first kappa shape index (κ1) is 33.2. The zero-order valence-corrected chi connectivity index (χ0v) is 24.0. The normalized spacial score (nSPS) is 12.6. The highest BCUT2D eigenvalue weighted by atomic mass is 79.9. The third-order valence-electron chi connectivity index (χ3n) is 5.06. The van der Waals surface area contributed by atoms with Crippen LogP contribution in [0.2, 0.25) is 0 Å². The number of hydrogen-bond donors (Lipinski definition) is 3. The molecule has 0 aromatic carbocycles. The molecule has 0 saturated heterocycles. The minimum Gasteiger partial charge on any atom is -0.396 e. The van der Waals surface area contributed by atoms with Crippen molar-refractivity contribution in [2.24, 2.45) is 10.8 Å². The fraction of sp³-hybridized carbons (Fsp3) is 1.00. The molecule has 3 N–H and O–H groups in total. The maximum Gasteiger partial charge on any atom is 0.0635 e. The molecule has 0 spiro atoms. The average molecular weight is 659 g/mol. The van der Waals surface area contributed by atoms with E-state index in [1.165, 1.54) is 0 Å². The Hall–Kier alpha value is 1.16. The molecule has 7 nitrogen and oxygen atoms in total. The van der Waals surface area contributed by atoms with Crippen molar-refractivity contribution in [3.05, 3.63) is 0 Å². The summed E-state index contributed by atoms with van der Waals surface area (Å²) >= 11 is 10.2. The molecule has 0 bridgehead atoms. The smallest absolute Gasteiger partial charge is 0.0635 e. The highest BCUT2D eigenvalue weighted by molar-refractivity contribution is 9.09. The number of aliphatic hydroxyl groups excluding tert-OH is 3. The summed E-state index contributed by atoms with van der Waals surface area (Å²) < 4.78 is 23.3. The summed E-state index contributed by atoms with van der Waals surface area (Å²) in [5.74, 6) is 0. The van der Waals surface area contributed by atoms with Crippen LogP contribution < -0.4 is 0 Å². The molecule has 0 atom stereocenters. The molecular weight excluding hydrogens is 616 g/mol. The molecule has 0 saturated carbocycles. The van der Waals surface area contributed by atoms with Crippen LogP contribution in [-0.2, 0) is 18.9 Å². The monoisotopic (exact) mass is 656 g/mol. The Morgan fingerprint density at radius 1 is 0.438 bits per heavy atom. The molecule has 0 amide bonds. The fourth-order valence-electron chi connectivity index (χ4n) is 2.78. The van der Waals surface area contributed by atoms with Crippen LogP contribution >= 0.6 is 47.8 Å². The van der Waals surface area contributed by atoms with Gasteiger partial charge in [-0.1, -0.05) is 47.8 Å². The van der Waals surface area contributed by atoms with E-state index in [2.05, 4.69) is 47.8 Å². The maximum atomic E-state index is 10.2. The average Bonchev–Trinajstić information content (AvgIpc) is 2.82. The number of unbranched alkanes of at least 4 members (excludes halogenated alkanes) is 3. The molecule has 32 heavy (non-hydrogen) atoms. The van der Waals surface area contributed by atoms with Crippen molar-refractivity contribution in [1.82, 2.24) is 0 Å². The van der Waals surface area contributed by atoms with Crippen molar-refractivity contribution in [3.63, 3.8) is 0 Å². The van der Waals surface area contributed by atoms with Gasteiger partial charge in [0, 0.05) is 35.8 Å². The minimum atomic E-state index is -0.886. The van der Waals surface area contributed by atoms with E-state index in [1.807, 2.05) is 0 Å². The van der Waals surface area contributed by atoms with Crippen LogP contribution in [0.5, 0.6) is 0 Å². The van der Waals surface area contributed by atoms with Gasteiger partial charge in [0.05, 0.1) is 63.7 Å². The van der Waals surface area contributed by atoms with E-state index in [9.17, 15) is 15.3 Å². The molecule has 0 aromatic heterocycles. The predicted octanol–water partition coefficient (Wildman–Crippen LogP) is 3.53. The SMILES string of the molecule is OCC(CO)(COCCCCBr)COCC(CO)(COCCCCBr)COCCCCBr. The van der Waals surface area contributed by atoms with Crippen LogP contribution in [0.1, 0.15) is 38.5 Å². The Morgan fingerprint density at radius 3 is 1.09 bits per heavy atom. The van der Waals surface area contributed by atoms with Crippen LogP contribution in [0.3, 0.4) is 0 Å². The van der Waals surface area contributed by atoms with Gasteiger partial charge in [-0.25, -0.2) is 0 Å². The lowest BCUT2D eigenvalue weighted by Gasteiger charge is -2.34. The molecule has 10 heteroatoms. The molecule has 0 fully saturated rings. The van der Waals surface area contributed by atoms with Gasteiger partial charge in [0.15, 0.2) is 0 Å². The van der Waals surface area contributed by atoms with Gasteiger partial charge in [0.2, 0.25) is 0 Å². The Kier molecular flexibility index (Phi) is 23.4. The van der Waals surface area contributed by atoms with Gasteiger partial charge < -0.3 is 34.3 Å². The number of alkyl halides is 3. The number of halogens is 3. The van der Waals surface area contributed by atoms with Gasteiger partial charge in [0.25, 0.3) is 0 Å². The van der Waals surface area contributed by atoms with Crippen molar-refractivity contribution < 1.29 is 34.3 Å². The Balaban J connectivity index is 4.77. The number of aliphatic hydroxyl groups is 3. The molecule has 0 unspecified atom stereocenters.